The molecule has 0 aromatic carbocycles. The SMILES string of the molecule is CC(N(C)C(=O)N(C)CCCC(=O)O)C(C)(C)C. The fourth-order valence-corrected chi connectivity index (χ4v) is 1.58. The molecule has 0 fully saturated rings. The lowest BCUT2D eigenvalue weighted by molar-refractivity contribution is -0.137. The second-order valence-corrected chi connectivity index (χ2v) is 5.85. The molecule has 5 heteroatoms. The molecule has 0 saturated heterocycles. The Bertz CT molecular complexity index is 297. The lowest BCUT2D eigenvalue weighted by atomic mass is 9.87. The molecule has 1 atom stereocenters. The van der Waals surface area contributed by atoms with Crippen LogP contribution in [-0.2, 0) is 4.79 Å². The van der Waals surface area contributed by atoms with Crippen LogP contribution in [0.2, 0.25) is 0 Å². The van der Waals surface area contributed by atoms with Crippen molar-refractivity contribution < 1.29 is 14.7 Å². The van der Waals surface area contributed by atoms with E-state index in [2.05, 4.69) is 20.8 Å². The van der Waals surface area contributed by atoms with Gasteiger partial charge in [0.2, 0.25) is 0 Å². The Kier molecular flexibility index (Phi) is 6.15. The first-order valence-corrected chi connectivity index (χ1v) is 6.27. The second-order valence-electron chi connectivity index (χ2n) is 5.85. The van der Waals surface area contributed by atoms with Gasteiger partial charge in [0.1, 0.15) is 0 Å². The number of aliphatic carboxylic acids is 1. The molecule has 0 aromatic rings. The van der Waals surface area contributed by atoms with E-state index in [4.69, 9.17) is 5.11 Å². The summed E-state index contributed by atoms with van der Waals surface area (Å²) in [4.78, 5) is 25.8. The predicted octanol–water partition coefficient (Wildman–Crippen LogP) is 2.27. The molecule has 0 spiro atoms. The fraction of sp³-hybridized carbons (Fsp3) is 0.846. The second kappa shape index (κ2) is 6.61. The minimum Gasteiger partial charge on any atom is -0.481 e. The van der Waals surface area contributed by atoms with E-state index in [1.165, 1.54) is 0 Å². The zero-order chi connectivity index (χ0) is 14.5. The Hall–Kier alpha value is -1.26. The van der Waals surface area contributed by atoms with Crippen LogP contribution in [0, 0.1) is 5.41 Å². The highest BCUT2D eigenvalue weighted by molar-refractivity contribution is 5.74. The van der Waals surface area contributed by atoms with Crippen LogP contribution in [0.1, 0.15) is 40.5 Å². The Morgan fingerprint density at radius 3 is 2.11 bits per heavy atom. The summed E-state index contributed by atoms with van der Waals surface area (Å²) in [6, 6.07) is 0.0507. The van der Waals surface area contributed by atoms with Crippen LogP contribution in [0.5, 0.6) is 0 Å². The van der Waals surface area contributed by atoms with E-state index in [9.17, 15) is 9.59 Å². The monoisotopic (exact) mass is 258 g/mol. The van der Waals surface area contributed by atoms with Crippen LogP contribution in [0.25, 0.3) is 0 Å². The summed E-state index contributed by atoms with van der Waals surface area (Å²) >= 11 is 0. The number of hydrogen-bond donors (Lipinski definition) is 1. The van der Waals surface area contributed by atoms with E-state index in [0.717, 1.165) is 0 Å². The number of urea groups is 1. The summed E-state index contributed by atoms with van der Waals surface area (Å²) in [5.74, 6) is -0.827. The van der Waals surface area contributed by atoms with Gasteiger partial charge in [-0.15, -0.1) is 0 Å². The zero-order valence-electron chi connectivity index (χ0n) is 12.4. The third-order valence-corrected chi connectivity index (χ3v) is 3.35. The van der Waals surface area contributed by atoms with E-state index in [0.29, 0.717) is 13.0 Å². The van der Waals surface area contributed by atoms with Crippen LogP contribution in [-0.4, -0.2) is 53.6 Å². The normalized spacial score (nSPS) is 13.0. The summed E-state index contributed by atoms with van der Waals surface area (Å²) in [5, 5.41) is 8.56. The van der Waals surface area contributed by atoms with Crippen LogP contribution in [0.4, 0.5) is 4.79 Å². The van der Waals surface area contributed by atoms with Gasteiger partial charge in [0.05, 0.1) is 0 Å². The number of amides is 2. The molecule has 0 bridgehead atoms. The number of carboxylic acid groups (broad SMARTS) is 1. The third-order valence-electron chi connectivity index (χ3n) is 3.35. The quantitative estimate of drug-likeness (QED) is 0.823. The summed E-state index contributed by atoms with van der Waals surface area (Å²) in [6.45, 7) is 8.75. The molecule has 0 radical (unpaired) electrons. The van der Waals surface area contributed by atoms with Crippen molar-refractivity contribution in [3.63, 3.8) is 0 Å². The molecule has 0 aliphatic rings. The molecule has 1 N–H and O–H groups in total. The Labute approximate surface area is 110 Å². The van der Waals surface area contributed by atoms with Crippen molar-refractivity contribution in [1.29, 1.82) is 0 Å². The van der Waals surface area contributed by atoms with Crippen molar-refractivity contribution in [3.8, 4) is 0 Å². The predicted molar refractivity (Wildman–Crippen MR) is 71.6 cm³/mol. The van der Waals surface area contributed by atoms with Crippen LogP contribution in [0.3, 0.4) is 0 Å². The molecule has 0 saturated carbocycles. The number of carbonyl (C=O) groups is 2. The highest BCUT2D eigenvalue weighted by Gasteiger charge is 2.28. The minimum atomic E-state index is -0.827. The van der Waals surface area contributed by atoms with Crippen LogP contribution in [0.15, 0.2) is 0 Å². The first-order chi connectivity index (χ1) is 8.07. The molecule has 5 nitrogen and oxygen atoms in total. The number of nitrogens with zero attached hydrogens (tertiary/aromatic N) is 2. The van der Waals surface area contributed by atoms with Crippen molar-refractivity contribution in [2.75, 3.05) is 20.6 Å². The Morgan fingerprint density at radius 1 is 1.22 bits per heavy atom. The van der Waals surface area contributed by atoms with Gasteiger partial charge in [0.25, 0.3) is 0 Å². The standard InChI is InChI=1S/C13H26N2O3/c1-10(13(2,3)4)15(6)12(18)14(5)9-7-8-11(16)17/h10H,7-9H2,1-6H3,(H,16,17). The van der Waals surface area contributed by atoms with E-state index in [-0.39, 0.29) is 23.9 Å². The van der Waals surface area contributed by atoms with Gasteiger partial charge >= 0.3 is 12.0 Å². The molecule has 0 aliphatic carbocycles. The van der Waals surface area contributed by atoms with E-state index >= 15 is 0 Å². The van der Waals surface area contributed by atoms with Crippen molar-refractivity contribution in [3.05, 3.63) is 0 Å². The maximum Gasteiger partial charge on any atom is 0.319 e. The van der Waals surface area contributed by atoms with Crippen LogP contribution < -0.4 is 0 Å². The van der Waals surface area contributed by atoms with Gasteiger partial charge in [-0.05, 0) is 18.8 Å². The largest absolute Gasteiger partial charge is 0.481 e. The summed E-state index contributed by atoms with van der Waals surface area (Å²) in [6.07, 6.45) is 0.575. The maximum atomic E-state index is 12.1. The Balaban J connectivity index is 4.33. The highest BCUT2D eigenvalue weighted by Crippen LogP contribution is 2.23. The van der Waals surface area contributed by atoms with Crippen molar-refractivity contribution in [1.82, 2.24) is 9.80 Å². The lowest BCUT2D eigenvalue weighted by Gasteiger charge is -2.37. The van der Waals surface area contributed by atoms with Gasteiger partial charge in [-0.1, -0.05) is 20.8 Å². The van der Waals surface area contributed by atoms with Gasteiger partial charge in [-0.25, -0.2) is 4.79 Å². The number of carbonyl (C=O) groups excluding carboxylic acids is 1. The van der Waals surface area contributed by atoms with Crippen molar-refractivity contribution in [2.45, 2.75) is 46.6 Å². The van der Waals surface area contributed by atoms with Gasteiger partial charge in [0.15, 0.2) is 0 Å². The van der Waals surface area contributed by atoms with Crippen LogP contribution >= 0.6 is 0 Å². The zero-order valence-corrected chi connectivity index (χ0v) is 12.4. The molecule has 106 valence electrons. The smallest absolute Gasteiger partial charge is 0.319 e. The van der Waals surface area contributed by atoms with E-state index < -0.39 is 5.97 Å². The molecule has 0 rings (SSSR count). The average Bonchev–Trinajstić information content (AvgIpc) is 2.24. The molecule has 1 unspecified atom stereocenters. The summed E-state index contributed by atoms with van der Waals surface area (Å²) < 4.78 is 0. The first kappa shape index (κ1) is 16.7. The number of hydrogen-bond acceptors (Lipinski definition) is 2. The summed E-state index contributed by atoms with van der Waals surface area (Å²) in [5.41, 5.74) is 0.0202. The Morgan fingerprint density at radius 2 is 1.72 bits per heavy atom. The lowest BCUT2D eigenvalue weighted by Crippen LogP contribution is -2.48. The minimum absolute atomic E-state index is 0.0202. The summed E-state index contributed by atoms with van der Waals surface area (Å²) in [7, 11) is 3.49. The van der Waals surface area contributed by atoms with Gasteiger partial charge < -0.3 is 14.9 Å². The molecule has 0 heterocycles. The van der Waals surface area contributed by atoms with Gasteiger partial charge in [-0.3, -0.25) is 4.79 Å². The molecular formula is C13H26N2O3. The number of carboxylic acids is 1. The number of rotatable bonds is 5. The fourth-order valence-electron chi connectivity index (χ4n) is 1.58. The van der Waals surface area contributed by atoms with E-state index in [1.807, 2.05) is 6.92 Å². The molecular weight excluding hydrogens is 232 g/mol. The molecule has 2 amide bonds. The van der Waals surface area contributed by atoms with Gasteiger partial charge in [0, 0.05) is 33.1 Å². The topological polar surface area (TPSA) is 60.9 Å². The van der Waals surface area contributed by atoms with Crippen molar-refractivity contribution in [2.24, 2.45) is 5.41 Å². The van der Waals surface area contributed by atoms with Crippen molar-refractivity contribution >= 4 is 12.0 Å². The average molecular weight is 258 g/mol. The van der Waals surface area contributed by atoms with E-state index in [1.54, 1.807) is 23.9 Å². The highest BCUT2D eigenvalue weighted by atomic mass is 16.4. The first-order valence-electron chi connectivity index (χ1n) is 6.27. The molecule has 18 heavy (non-hydrogen) atoms. The van der Waals surface area contributed by atoms with Gasteiger partial charge in [-0.2, -0.15) is 0 Å². The third kappa shape index (κ3) is 5.38. The molecule has 0 aromatic heterocycles. The maximum absolute atomic E-state index is 12.1. The molecule has 0 aliphatic heterocycles.